The number of hydrogen-bond acceptors (Lipinski definition) is 6. The Kier molecular flexibility index (Phi) is 7.85. The van der Waals surface area contributed by atoms with Crippen molar-refractivity contribution in [2.24, 2.45) is 0 Å². The van der Waals surface area contributed by atoms with Crippen LogP contribution >= 0.6 is 11.6 Å². The predicted octanol–water partition coefficient (Wildman–Crippen LogP) is 3.70. The van der Waals surface area contributed by atoms with Gasteiger partial charge in [-0.1, -0.05) is 11.6 Å². The number of amides is 1. The van der Waals surface area contributed by atoms with Crippen molar-refractivity contribution in [3.8, 4) is 17.2 Å². The highest BCUT2D eigenvalue weighted by Gasteiger charge is 2.12. The monoisotopic (exact) mass is 423 g/mol. The quantitative estimate of drug-likeness (QED) is 0.515. The molecule has 29 heavy (non-hydrogen) atoms. The molecule has 2 aromatic rings. The van der Waals surface area contributed by atoms with Gasteiger partial charge in [-0.3, -0.25) is 4.79 Å². The molecule has 0 aliphatic rings. The molecule has 0 atom stereocenters. The van der Waals surface area contributed by atoms with E-state index in [2.05, 4.69) is 5.32 Å². The van der Waals surface area contributed by atoms with Crippen molar-refractivity contribution >= 4 is 35.2 Å². The van der Waals surface area contributed by atoms with Gasteiger partial charge in [0.25, 0.3) is 5.91 Å². The first-order valence-corrected chi connectivity index (χ1v) is 8.65. The number of halogens is 2. The molecule has 7 nitrogen and oxygen atoms in total. The number of esters is 1. The number of rotatable bonds is 8. The minimum Gasteiger partial charge on any atom is -0.493 e. The lowest BCUT2D eigenvalue weighted by Crippen LogP contribution is -2.20. The third kappa shape index (κ3) is 6.11. The number of hydrogen-bond donors (Lipinski definition) is 1. The number of ether oxygens (including phenoxy) is 4. The molecule has 0 saturated heterocycles. The lowest BCUT2D eigenvalue weighted by Gasteiger charge is -2.12. The topological polar surface area (TPSA) is 83.1 Å². The lowest BCUT2D eigenvalue weighted by molar-refractivity contribution is -0.142. The van der Waals surface area contributed by atoms with Gasteiger partial charge in [-0.05, 0) is 42.0 Å². The minimum absolute atomic E-state index is 0.131. The van der Waals surface area contributed by atoms with Crippen molar-refractivity contribution in [2.75, 3.05) is 33.3 Å². The van der Waals surface area contributed by atoms with Crippen molar-refractivity contribution in [2.45, 2.75) is 0 Å². The average Bonchev–Trinajstić information content (AvgIpc) is 2.72. The van der Waals surface area contributed by atoms with Gasteiger partial charge in [-0.15, -0.1) is 0 Å². The summed E-state index contributed by atoms with van der Waals surface area (Å²) in [7, 11) is 4.44. The lowest BCUT2D eigenvalue weighted by atomic mass is 10.1. The Bertz CT molecular complexity index is 906. The molecule has 0 bridgehead atoms. The predicted molar refractivity (Wildman–Crippen MR) is 106 cm³/mol. The largest absolute Gasteiger partial charge is 0.493 e. The fourth-order valence-corrected chi connectivity index (χ4v) is 2.50. The van der Waals surface area contributed by atoms with Crippen molar-refractivity contribution < 1.29 is 32.9 Å². The maximum absolute atomic E-state index is 13.1. The molecule has 0 aliphatic carbocycles. The second-order valence-corrected chi connectivity index (χ2v) is 5.98. The molecule has 0 aliphatic heterocycles. The molecule has 1 amide bonds. The second-order valence-electron chi connectivity index (χ2n) is 5.58. The van der Waals surface area contributed by atoms with Gasteiger partial charge in [-0.25, -0.2) is 9.18 Å². The number of nitrogens with one attached hydrogen (secondary N) is 1. The van der Waals surface area contributed by atoms with E-state index in [1.54, 1.807) is 12.1 Å². The smallest absolute Gasteiger partial charge is 0.331 e. The summed E-state index contributed by atoms with van der Waals surface area (Å²) >= 11 is 5.64. The number of benzene rings is 2. The summed E-state index contributed by atoms with van der Waals surface area (Å²) in [6.07, 6.45) is 2.63. The fraction of sp³-hybridized carbons (Fsp3) is 0.200. The maximum Gasteiger partial charge on any atom is 0.331 e. The van der Waals surface area contributed by atoms with Crippen molar-refractivity contribution in [3.05, 3.63) is 52.8 Å². The van der Waals surface area contributed by atoms with Crippen molar-refractivity contribution in [3.63, 3.8) is 0 Å². The molecular weight excluding hydrogens is 405 g/mol. The molecule has 2 aromatic carbocycles. The van der Waals surface area contributed by atoms with E-state index in [1.165, 1.54) is 39.5 Å². The molecule has 0 aromatic heterocycles. The highest BCUT2D eigenvalue weighted by atomic mass is 35.5. The SMILES string of the molecule is COc1cc(/C=C/C(=O)OCC(=O)Nc2ccc(F)c(Cl)c2)cc(OC)c1OC. The van der Waals surface area contributed by atoms with Gasteiger partial charge in [-0.2, -0.15) is 0 Å². The zero-order chi connectivity index (χ0) is 21.4. The molecule has 0 heterocycles. The highest BCUT2D eigenvalue weighted by Crippen LogP contribution is 2.38. The van der Waals surface area contributed by atoms with E-state index in [0.717, 1.165) is 12.1 Å². The van der Waals surface area contributed by atoms with E-state index in [0.29, 0.717) is 22.8 Å². The fourth-order valence-electron chi connectivity index (χ4n) is 2.32. The Labute approximate surface area is 172 Å². The van der Waals surface area contributed by atoms with E-state index in [1.807, 2.05) is 0 Å². The third-order valence-electron chi connectivity index (χ3n) is 3.65. The van der Waals surface area contributed by atoms with Gasteiger partial charge >= 0.3 is 5.97 Å². The zero-order valence-electron chi connectivity index (χ0n) is 16.0. The molecule has 0 radical (unpaired) electrons. The summed E-state index contributed by atoms with van der Waals surface area (Å²) in [4.78, 5) is 23.7. The van der Waals surface area contributed by atoms with Gasteiger partial charge in [0.05, 0.1) is 26.4 Å². The van der Waals surface area contributed by atoms with E-state index < -0.39 is 24.3 Å². The molecule has 0 unspecified atom stereocenters. The van der Waals surface area contributed by atoms with Crippen LogP contribution in [-0.2, 0) is 14.3 Å². The summed E-state index contributed by atoms with van der Waals surface area (Å²) in [6.45, 7) is -0.520. The van der Waals surface area contributed by atoms with Crippen LogP contribution in [0.4, 0.5) is 10.1 Å². The van der Waals surface area contributed by atoms with Crippen LogP contribution in [0.25, 0.3) is 6.08 Å². The van der Waals surface area contributed by atoms with Gasteiger partial charge < -0.3 is 24.3 Å². The van der Waals surface area contributed by atoms with Gasteiger partial charge in [0.15, 0.2) is 18.1 Å². The van der Waals surface area contributed by atoms with Gasteiger partial charge in [0, 0.05) is 11.8 Å². The normalized spacial score (nSPS) is 10.5. The van der Waals surface area contributed by atoms with Crippen LogP contribution in [0.15, 0.2) is 36.4 Å². The number of carbonyl (C=O) groups excluding carboxylic acids is 2. The molecule has 0 spiro atoms. The summed E-state index contributed by atoms with van der Waals surface area (Å²) in [5.74, 6) is -0.650. The second kappa shape index (κ2) is 10.3. The Morgan fingerprint density at radius 2 is 1.72 bits per heavy atom. The molecule has 1 N–H and O–H groups in total. The van der Waals surface area contributed by atoms with E-state index in [9.17, 15) is 14.0 Å². The molecule has 0 fully saturated rings. The van der Waals surface area contributed by atoms with Crippen LogP contribution < -0.4 is 19.5 Å². The van der Waals surface area contributed by atoms with E-state index in [-0.39, 0.29) is 10.7 Å². The Morgan fingerprint density at radius 1 is 1.07 bits per heavy atom. The minimum atomic E-state index is -0.731. The molecule has 154 valence electrons. The summed E-state index contributed by atoms with van der Waals surface area (Å²) in [5, 5.41) is 2.31. The van der Waals surface area contributed by atoms with E-state index in [4.69, 9.17) is 30.5 Å². The first-order valence-electron chi connectivity index (χ1n) is 8.27. The van der Waals surface area contributed by atoms with Crippen molar-refractivity contribution in [1.29, 1.82) is 0 Å². The number of carbonyl (C=O) groups is 2. The summed E-state index contributed by atoms with van der Waals surface area (Å²) in [6, 6.07) is 7.00. The number of anilines is 1. The van der Waals surface area contributed by atoms with Crippen LogP contribution in [0.5, 0.6) is 17.2 Å². The van der Waals surface area contributed by atoms with Gasteiger partial charge in [0.2, 0.25) is 5.75 Å². The van der Waals surface area contributed by atoms with Crippen LogP contribution in [0.1, 0.15) is 5.56 Å². The Morgan fingerprint density at radius 3 is 2.28 bits per heavy atom. The van der Waals surface area contributed by atoms with Crippen LogP contribution in [0.3, 0.4) is 0 Å². The van der Waals surface area contributed by atoms with Crippen LogP contribution in [0, 0.1) is 5.82 Å². The number of methoxy groups -OCH3 is 3. The highest BCUT2D eigenvalue weighted by molar-refractivity contribution is 6.31. The average molecular weight is 424 g/mol. The Balaban J connectivity index is 1.95. The molecule has 0 saturated carbocycles. The molecular formula is C20H19ClFNO6. The molecule has 9 heteroatoms. The van der Waals surface area contributed by atoms with E-state index >= 15 is 0 Å². The van der Waals surface area contributed by atoms with Crippen LogP contribution in [-0.4, -0.2) is 39.8 Å². The first-order chi connectivity index (χ1) is 13.9. The summed E-state index contributed by atoms with van der Waals surface area (Å²) < 4.78 is 33.7. The van der Waals surface area contributed by atoms with Crippen LogP contribution in [0.2, 0.25) is 5.02 Å². The van der Waals surface area contributed by atoms with Crippen molar-refractivity contribution in [1.82, 2.24) is 0 Å². The third-order valence-corrected chi connectivity index (χ3v) is 3.94. The standard InChI is InChI=1S/C20H19ClFNO6/c1-26-16-8-12(9-17(27-2)20(16)28-3)4-7-19(25)29-11-18(24)23-13-5-6-15(22)14(21)10-13/h4-10H,11H2,1-3H3,(H,23,24)/b7-4+. The zero-order valence-corrected chi connectivity index (χ0v) is 16.7. The summed E-state index contributed by atoms with van der Waals surface area (Å²) in [5.41, 5.74) is 0.882. The Hall–Kier alpha value is -3.26. The maximum atomic E-state index is 13.1. The molecule has 2 rings (SSSR count). The first kappa shape index (κ1) is 22.0. The van der Waals surface area contributed by atoms with Gasteiger partial charge in [0.1, 0.15) is 5.82 Å².